The zero-order chi connectivity index (χ0) is 38.0. The number of allylic oxidation sites excluding steroid dienone is 1. The number of nitrogens with zero attached hydrogens (tertiary/aromatic N) is 4. The summed E-state index contributed by atoms with van der Waals surface area (Å²) in [5.74, 6) is 5.28. The van der Waals surface area contributed by atoms with Gasteiger partial charge in [-0.15, -0.1) is 0 Å². The van der Waals surface area contributed by atoms with Gasteiger partial charge in [0.15, 0.2) is 5.82 Å². The summed E-state index contributed by atoms with van der Waals surface area (Å²) >= 11 is 0. The summed E-state index contributed by atoms with van der Waals surface area (Å²) in [6.45, 7) is 14.6. The van der Waals surface area contributed by atoms with Crippen molar-refractivity contribution in [3.63, 3.8) is 0 Å². The van der Waals surface area contributed by atoms with Crippen LogP contribution >= 0.6 is 0 Å². The average molecular weight is 769 g/mol. The van der Waals surface area contributed by atoms with E-state index in [1.807, 2.05) is 24.4 Å². The van der Waals surface area contributed by atoms with Crippen molar-refractivity contribution < 1.29 is 13.7 Å². The van der Waals surface area contributed by atoms with E-state index >= 15 is 0 Å². The lowest BCUT2D eigenvalue weighted by Gasteiger charge is -2.60. The highest BCUT2D eigenvalue weighted by atomic mass is 32.2. The van der Waals surface area contributed by atoms with Crippen molar-refractivity contribution in [2.45, 2.75) is 134 Å². The minimum Gasteiger partial charge on any atom is -0.378 e. The van der Waals surface area contributed by atoms with Gasteiger partial charge in [0.05, 0.1) is 45.5 Å². The molecule has 0 bridgehead atoms. The van der Waals surface area contributed by atoms with Gasteiger partial charge >= 0.3 is 0 Å². The normalized spacial score (nSPS) is 35.2. The van der Waals surface area contributed by atoms with E-state index in [4.69, 9.17) is 19.4 Å². The lowest BCUT2D eigenvalue weighted by Crippen LogP contribution is -2.53. The Bertz CT molecular complexity index is 2010. The summed E-state index contributed by atoms with van der Waals surface area (Å²) in [5, 5.41) is 0.957. The first-order valence-electron chi connectivity index (χ1n) is 21.7. The standard InChI is InChI=1S/C45H64N6O3S/c1-30-13-17-43(3)32(27-30)9-10-35-36-11-12-39(44(36,4)18-14-37(35)43)54-24-7-5-6-8-26-55(46,52)45(19-20-45)38-28-40(51-23-25-53-29-31(51)2)50-42(49-38)34-16-22-48-41-33(34)15-21-47-41/h15-16,21-22,28,31-32,35-37,39,46H,1,5-14,17-20,23-27,29H2,2-4H3,(H,47,48)/t31-,32+,35+,36+,37+,39+,43+,44+,55?/m1/s1. The molecule has 0 aromatic carbocycles. The number of rotatable bonds is 12. The quantitative estimate of drug-likeness (QED) is 0.139. The average Bonchev–Trinajstić information content (AvgIpc) is 3.75. The zero-order valence-electron chi connectivity index (χ0n) is 33.6. The Labute approximate surface area is 329 Å². The highest BCUT2D eigenvalue weighted by Crippen LogP contribution is 2.67. The summed E-state index contributed by atoms with van der Waals surface area (Å²) < 4.78 is 35.5. The van der Waals surface area contributed by atoms with Crippen LogP contribution < -0.4 is 4.90 Å². The lowest BCUT2D eigenvalue weighted by molar-refractivity contribution is -0.126. The van der Waals surface area contributed by atoms with Crippen molar-refractivity contribution in [2.75, 3.05) is 37.0 Å². The number of ether oxygens (including phenoxy) is 2. The first kappa shape index (κ1) is 37.7. The van der Waals surface area contributed by atoms with E-state index in [-0.39, 0.29) is 6.04 Å². The molecule has 2 N–H and O–H groups in total. The first-order chi connectivity index (χ1) is 26.5. The number of fused-ring (bicyclic) bond motifs is 6. The third-order valence-electron chi connectivity index (χ3n) is 16.1. The van der Waals surface area contributed by atoms with Gasteiger partial charge in [0, 0.05) is 48.3 Å². The van der Waals surface area contributed by atoms with Crippen LogP contribution in [0.3, 0.4) is 0 Å². The van der Waals surface area contributed by atoms with Gasteiger partial charge in [-0.05, 0) is 137 Å². The van der Waals surface area contributed by atoms with Gasteiger partial charge in [-0.25, -0.2) is 19.2 Å². The molecule has 5 saturated carbocycles. The molecular weight excluding hydrogens is 705 g/mol. The molecule has 9 nitrogen and oxygen atoms in total. The van der Waals surface area contributed by atoms with Crippen LogP contribution in [0.5, 0.6) is 0 Å². The van der Waals surface area contributed by atoms with E-state index in [2.05, 4.69) is 42.2 Å². The molecular formula is C45H64N6O3S. The molecule has 3 aromatic heterocycles. The molecule has 0 radical (unpaired) electrons. The number of H-pyrrole nitrogens is 1. The van der Waals surface area contributed by atoms with E-state index in [0.29, 0.717) is 41.7 Å². The van der Waals surface area contributed by atoms with Crippen molar-refractivity contribution >= 4 is 26.6 Å². The number of hydrogen-bond acceptors (Lipinski definition) is 8. The third-order valence-corrected chi connectivity index (χ3v) is 18.8. The summed E-state index contributed by atoms with van der Waals surface area (Å²) in [7, 11) is -2.93. The molecule has 0 amide bonds. The fraction of sp³-hybridized carbons (Fsp3) is 0.711. The molecule has 10 heteroatoms. The van der Waals surface area contributed by atoms with E-state index in [1.165, 1.54) is 63.4 Å². The Morgan fingerprint density at radius 2 is 1.85 bits per heavy atom. The predicted molar refractivity (Wildman–Crippen MR) is 220 cm³/mol. The van der Waals surface area contributed by atoms with Crippen LogP contribution in [0.15, 0.2) is 42.7 Å². The predicted octanol–water partition coefficient (Wildman–Crippen LogP) is 9.83. The van der Waals surface area contributed by atoms with Crippen LogP contribution in [0, 0.1) is 39.3 Å². The van der Waals surface area contributed by atoms with Crippen LogP contribution in [-0.4, -0.2) is 68.4 Å². The van der Waals surface area contributed by atoms with Crippen LogP contribution in [0.25, 0.3) is 22.4 Å². The molecule has 1 unspecified atom stereocenters. The van der Waals surface area contributed by atoms with Gasteiger partial charge < -0.3 is 19.4 Å². The van der Waals surface area contributed by atoms with Crippen LogP contribution in [0.2, 0.25) is 0 Å². The van der Waals surface area contributed by atoms with Gasteiger partial charge in [-0.3, -0.25) is 4.78 Å². The van der Waals surface area contributed by atoms with Gasteiger partial charge in [0.1, 0.15) is 11.5 Å². The van der Waals surface area contributed by atoms with Crippen molar-refractivity contribution in [2.24, 2.45) is 34.5 Å². The second kappa shape index (κ2) is 14.5. The maximum atomic E-state index is 14.4. The van der Waals surface area contributed by atoms with E-state index in [0.717, 1.165) is 103 Å². The molecule has 9 atom stereocenters. The molecule has 9 rings (SSSR count). The number of pyridine rings is 1. The van der Waals surface area contributed by atoms with Gasteiger partial charge in [-0.2, -0.15) is 0 Å². The minimum atomic E-state index is -2.93. The SMILES string of the molecule is C=C1CC[C@@]2(C)[C@@H](CC[C@@H]3[C@@H]2CC[C@]2(C)[C@@H](OCCCCCCS(=N)(=O)C4(c5cc(N6CCOC[C@H]6C)nc(-c6ccnc7[nH]ccc67)n5)CC4)CC[C@@H]32)C1. The van der Waals surface area contributed by atoms with E-state index in [9.17, 15) is 8.99 Å². The first-order valence-corrected chi connectivity index (χ1v) is 23.5. The third kappa shape index (κ3) is 6.58. The lowest BCUT2D eigenvalue weighted by atomic mass is 9.45. The number of unbranched alkanes of at least 4 members (excludes halogenated alkanes) is 3. The monoisotopic (exact) mass is 768 g/mol. The van der Waals surface area contributed by atoms with E-state index in [1.54, 1.807) is 6.20 Å². The Morgan fingerprint density at radius 1 is 1.02 bits per heavy atom. The van der Waals surface area contributed by atoms with Gasteiger partial charge in [-0.1, -0.05) is 38.8 Å². The number of hydrogen-bond donors (Lipinski definition) is 2. The van der Waals surface area contributed by atoms with Gasteiger partial charge in [0.25, 0.3) is 0 Å². The molecule has 1 saturated heterocycles. The van der Waals surface area contributed by atoms with Crippen LogP contribution in [0.1, 0.15) is 123 Å². The van der Waals surface area contributed by atoms with Crippen LogP contribution in [0.4, 0.5) is 5.82 Å². The molecule has 4 heterocycles. The number of aromatic amines is 1. The highest BCUT2D eigenvalue weighted by Gasteiger charge is 2.60. The van der Waals surface area contributed by atoms with Crippen molar-refractivity contribution in [3.05, 3.63) is 48.4 Å². The summed E-state index contributed by atoms with van der Waals surface area (Å²) in [6, 6.07) is 6.15. The van der Waals surface area contributed by atoms with Crippen molar-refractivity contribution in [1.29, 1.82) is 4.78 Å². The number of nitrogens with one attached hydrogen (secondary N) is 2. The van der Waals surface area contributed by atoms with E-state index < -0.39 is 14.5 Å². The number of morpholine rings is 1. The molecule has 298 valence electrons. The molecule has 6 fully saturated rings. The molecule has 55 heavy (non-hydrogen) atoms. The second-order valence-electron chi connectivity index (χ2n) is 19.0. The van der Waals surface area contributed by atoms with Crippen LogP contribution in [-0.2, 0) is 23.9 Å². The van der Waals surface area contributed by atoms with Crippen molar-refractivity contribution in [3.8, 4) is 11.4 Å². The minimum absolute atomic E-state index is 0.160. The van der Waals surface area contributed by atoms with Gasteiger partial charge in [0.2, 0.25) is 0 Å². The molecule has 3 aromatic rings. The maximum Gasteiger partial charge on any atom is 0.162 e. The molecule has 6 aliphatic rings. The largest absolute Gasteiger partial charge is 0.378 e. The Balaban J connectivity index is 0.806. The fourth-order valence-corrected chi connectivity index (χ4v) is 14.8. The zero-order valence-corrected chi connectivity index (χ0v) is 34.4. The second-order valence-corrected chi connectivity index (χ2v) is 21.6. The maximum absolute atomic E-state index is 14.4. The molecule has 1 aliphatic heterocycles. The Kier molecular flexibility index (Phi) is 9.97. The summed E-state index contributed by atoms with van der Waals surface area (Å²) in [4.78, 5) is 20.1. The fourth-order valence-electron chi connectivity index (χ4n) is 12.6. The van der Waals surface area contributed by atoms with Crippen molar-refractivity contribution in [1.82, 2.24) is 19.9 Å². The summed E-state index contributed by atoms with van der Waals surface area (Å²) in [5.41, 5.74) is 4.78. The number of aromatic nitrogens is 4. The highest BCUT2D eigenvalue weighted by molar-refractivity contribution is 7.93. The Hall–Kier alpha value is -2.82. The Morgan fingerprint density at radius 3 is 2.69 bits per heavy atom. The summed E-state index contributed by atoms with van der Waals surface area (Å²) in [6.07, 6.45) is 21.3. The number of anilines is 1. The smallest absolute Gasteiger partial charge is 0.162 e. The molecule has 5 aliphatic carbocycles. The molecule has 0 spiro atoms. The topological polar surface area (TPSA) is 117 Å².